The molecule has 0 aliphatic rings. The predicted molar refractivity (Wildman–Crippen MR) is 38.3 cm³/mol. The van der Waals surface area contributed by atoms with Crippen molar-refractivity contribution in [2.45, 2.75) is 40.2 Å². The van der Waals surface area contributed by atoms with Crippen molar-refractivity contribution in [3.05, 3.63) is 0 Å². The van der Waals surface area contributed by atoms with Crippen molar-refractivity contribution in [2.75, 3.05) is 0 Å². The van der Waals surface area contributed by atoms with Crippen molar-refractivity contribution < 1.29 is 9.81 Å². The fourth-order valence-electron chi connectivity index (χ4n) is 0. The van der Waals surface area contributed by atoms with Gasteiger partial charge >= 0.3 is 0 Å². The fraction of sp³-hybridized carbons (Fsp3) is 1.00. The maximum atomic E-state index is 9.35. The molecule has 0 radical (unpaired) electrons. The monoisotopic (exact) mass is 136 g/mol. The first-order valence-electron chi connectivity index (χ1n) is 2.97. The lowest BCUT2D eigenvalue weighted by Gasteiger charge is -2.33. The fourth-order valence-corrected chi connectivity index (χ4v) is 0. The Morgan fingerprint density at radius 2 is 1.00 bits per heavy atom. The molecule has 0 saturated heterocycles. The van der Waals surface area contributed by atoms with E-state index in [0.29, 0.717) is 0 Å². The summed E-state index contributed by atoms with van der Waals surface area (Å²) >= 11 is 0. The van der Waals surface area contributed by atoms with E-state index in [0.717, 1.165) is 0 Å². The molecule has 1 nitrogen and oxygen atoms in total. The molecule has 0 heterocycles. The standard InChI is InChI=1S/C7H16O.FH/c1-6(2,3)7(4,5)8;/h8H,1-5H3;1H. The minimum atomic E-state index is -0.562. The number of hydrogen-bond donors (Lipinski definition) is 1. The van der Waals surface area contributed by atoms with E-state index in [1.54, 1.807) is 0 Å². The van der Waals surface area contributed by atoms with Crippen LogP contribution in [-0.2, 0) is 0 Å². The Hall–Kier alpha value is -0.110. The maximum absolute atomic E-state index is 9.35. The topological polar surface area (TPSA) is 20.2 Å². The quantitative estimate of drug-likeness (QED) is 0.539. The van der Waals surface area contributed by atoms with E-state index >= 15 is 0 Å². The van der Waals surface area contributed by atoms with E-state index in [4.69, 9.17) is 0 Å². The molecule has 9 heavy (non-hydrogen) atoms. The summed E-state index contributed by atoms with van der Waals surface area (Å²) in [6.07, 6.45) is 0. The zero-order chi connectivity index (χ0) is 7.00. The second-order valence-corrected chi connectivity index (χ2v) is 3.81. The van der Waals surface area contributed by atoms with E-state index in [2.05, 4.69) is 0 Å². The molecule has 0 atom stereocenters. The molecule has 0 unspecified atom stereocenters. The van der Waals surface area contributed by atoms with Crippen LogP contribution in [0.3, 0.4) is 0 Å². The van der Waals surface area contributed by atoms with Crippen molar-refractivity contribution in [3.63, 3.8) is 0 Å². The van der Waals surface area contributed by atoms with Gasteiger partial charge in [0, 0.05) is 0 Å². The molecule has 0 saturated carbocycles. The molecule has 58 valence electrons. The lowest BCUT2D eigenvalue weighted by Crippen LogP contribution is -2.35. The molecule has 0 fully saturated rings. The molecule has 0 rings (SSSR count). The number of aliphatic hydroxyl groups is 1. The van der Waals surface area contributed by atoms with Crippen LogP contribution >= 0.6 is 0 Å². The van der Waals surface area contributed by atoms with Crippen LogP contribution in [0.25, 0.3) is 0 Å². The smallest absolute Gasteiger partial charge is 0.0639 e. The van der Waals surface area contributed by atoms with Gasteiger partial charge in [0.05, 0.1) is 5.60 Å². The van der Waals surface area contributed by atoms with E-state index in [9.17, 15) is 5.11 Å². The second-order valence-electron chi connectivity index (χ2n) is 3.81. The molecule has 0 aliphatic carbocycles. The lowest BCUT2D eigenvalue weighted by molar-refractivity contribution is -0.0238. The van der Waals surface area contributed by atoms with Crippen LogP contribution in [0.15, 0.2) is 0 Å². The molecule has 0 bridgehead atoms. The Balaban J connectivity index is 0. The number of halogens is 1. The molecule has 0 aliphatic heterocycles. The summed E-state index contributed by atoms with van der Waals surface area (Å²) in [4.78, 5) is 0. The van der Waals surface area contributed by atoms with E-state index in [-0.39, 0.29) is 10.1 Å². The van der Waals surface area contributed by atoms with Gasteiger partial charge in [-0.3, -0.25) is 4.70 Å². The van der Waals surface area contributed by atoms with Crippen LogP contribution in [0, 0.1) is 5.41 Å². The van der Waals surface area contributed by atoms with Gasteiger partial charge in [0.15, 0.2) is 0 Å². The van der Waals surface area contributed by atoms with E-state index in [1.165, 1.54) is 0 Å². The molecule has 0 aromatic heterocycles. The Bertz CT molecular complexity index is 63.9. The normalized spacial score (nSPS) is 12.7. The van der Waals surface area contributed by atoms with Gasteiger partial charge in [-0.25, -0.2) is 0 Å². The van der Waals surface area contributed by atoms with Crippen molar-refractivity contribution >= 4 is 0 Å². The molecule has 0 aromatic rings. The van der Waals surface area contributed by atoms with Crippen LogP contribution < -0.4 is 0 Å². The highest BCUT2D eigenvalue weighted by molar-refractivity contribution is 4.80. The third kappa shape index (κ3) is 3.46. The third-order valence-corrected chi connectivity index (χ3v) is 1.84. The number of hydrogen-bond acceptors (Lipinski definition) is 1. The Kier molecular flexibility index (Phi) is 3.43. The number of rotatable bonds is 0. The first-order chi connectivity index (χ1) is 3.25. The summed E-state index contributed by atoms with van der Waals surface area (Å²) in [7, 11) is 0. The maximum Gasteiger partial charge on any atom is 0.0639 e. The van der Waals surface area contributed by atoms with Crippen molar-refractivity contribution in [1.82, 2.24) is 0 Å². The molecule has 0 amide bonds. The van der Waals surface area contributed by atoms with Gasteiger partial charge < -0.3 is 5.11 Å². The summed E-state index contributed by atoms with van der Waals surface area (Å²) in [5.74, 6) is 0. The van der Waals surface area contributed by atoms with Crippen LogP contribution in [0.4, 0.5) is 4.70 Å². The largest absolute Gasteiger partial charge is 0.390 e. The van der Waals surface area contributed by atoms with E-state index < -0.39 is 5.60 Å². The van der Waals surface area contributed by atoms with Gasteiger partial charge in [-0.05, 0) is 19.3 Å². The van der Waals surface area contributed by atoms with Crippen molar-refractivity contribution in [3.8, 4) is 0 Å². The van der Waals surface area contributed by atoms with Gasteiger partial charge in [0.1, 0.15) is 0 Å². The molecule has 0 spiro atoms. The highest BCUT2D eigenvalue weighted by atomic mass is 19.0. The first kappa shape index (κ1) is 11.7. The summed E-state index contributed by atoms with van der Waals surface area (Å²) in [6.45, 7) is 9.72. The average molecular weight is 136 g/mol. The zero-order valence-corrected chi connectivity index (χ0v) is 6.86. The highest BCUT2D eigenvalue weighted by Crippen LogP contribution is 2.28. The van der Waals surface area contributed by atoms with Crippen molar-refractivity contribution in [2.24, 2.45) is 5.41 Å². The van der Waals surface area contributed by atoms with E-state index in [1.807, 2.05) is 34.6 Å². The highest BCUT2D eigenvalue weighted by Gasteiger charge is 2.29. The van der Waals surface area contributed by atoms with Crippen LogP contribution in [-0.4, -0.2) is 10.7 Å². The molecule has 1 N–H and O–H groups in total. The van der Waals surface area contributed by atoms with Gasteiger partial charge in [0.2, 0.25) is 0 Å². The summed E-state index contributed by atoms with van der Waals surface area (Å²) in [6, 6.07) is 0. The average Bonchev–Trinajstić information content (AvgIpc) is 1.25. The SMILES string of the molecule is CC(C)(C)C(C)(C)O.F. The molecular weight excluding hydrogens is 119 g/mol. The summed E-state index contributed by atoms with van der Waals surface area (Å²) in [5.41, 5.74) is -0.569. The molecule has 2 heteroatoms. The second kappa shape index (κ2) is 2.65. The molecular formula is C7H17FO. The van der Waals surface area contributed by atoms with Gasteiger partial charge in [-0.1, -0.05) is 20.8 Å². The lowest BCUT2D eigenvalue weighted by atomic mass is 9.79. The predicted octanol–water partition coefficient (Wildman–Crippen LogP) is 1.96. The Morgan fingerprint density at radius 3 is 1.00 bits per heavy atom. The van der Waals surface area contributed by atoms with Crippen molar-refractivity contribution in [1.29, 1.82) is 0 Å². The van der Waals surface area contributed by atoms with Crippen LogP contribution in [0.5, 0.6) is 0 Å². The van der Waals surface area contributed by atoms with Crippen LogP contribution in [0.2, 0.25) is 0 Å². The van der Waals surface area contributed by atoms with Gasteiger partial charge in [0.25, 0.3) is 0 Å². The minimum Gasteiger partial charge on any atom is -0.390 e. The third-order valence-electron chi connectivity index (χ3n) is 1.84. The summed E-state index contributed by atoms with van der Waals surface area (Å²) in [5, 5.41) is 9.35. The van der Waals surface area contributed by atoms with Crippen LogP contribution in [0.1, 0.15) is 34.6 Å². The Morgan fingerprint density at radius 1 is 0.889 bits per heavy atom. The Labute approximate surface area is 56.5 Å². The summed E-state index contributed by atoms with van der Waals surface area (Å²) < 4.78 is 0. The van der Waals surface area contributed by atoms with Gasteiger partial charge in [-0.15, -0.1) is 0 Å². The zero-order valence-electron chi connectivity index (χ0n) is 6.86. The molecule has 0 aromatic carbocycles. The minimum absolute atomic E-state index is 0. The van der Waals surface area contributed by atoms with Gasteiger partial charge in [-0.2, -0.15) is 0 Å². The first-order valence-corrected chi connectivity index (χ1v) is 2.97.